The second-order valence-electron chi connectivity index (χ2n) is 6.88. The van der Waals surface area contributed by atoms with Crippen LogP contribution in [0, 0.1) is 13.8 Å². The number of fused-ring (bicyclic) bond motifs is 2. The van der Waals surface area contributed by atoms with Gasteiger partial charge >= 0.3 is 0 Å². The number of rotatable bonds is 2. The average molecular weight is 371 g/mol. The van der Waals surface area contributed by atoms with Crippen molar-refractivity contribution in [3.8, 4) is 20.9 Å². The van der Waals surface area contributed by atoms with Gasteiger partial charge in [-0.2, -0.15) is 0 Å². The molecule has 0 bridgehead atoms. The molecule has 26 heavy (non-hydrogen) atoms. The molecular formula is C24H18S2. The topological polar surface area (TPSA) is 0 Å². The third-order valence-electron chi connectivity index (χ3n) is 4.83. The van der Waals surface area contributed by atoms with Crippen molar-refractivity contribution in [2.75, 3.05) is 0 Å². The van der Waals surface area contributed by atoms with Crippen molar-refractivity contribution in [2.45, 2.75) is 13.8 Å². The molecule has 0 fully saturated rings. The third kappa shape index (κ3) is 2.76. The molecule has 5 aromatic rings. The lowest BCUT2D eigenvalue weighted by molar-refractivity contribution is 1.48. The summed E-state index contributed by atoms with van der Waals surface area (Å²) in [5.74, 6) is 0. The minimum atomic E-state index is 1.30. The van der Waals surface area contributed by atoms with Gasteiger partial charge in [0.15, 0.2) is 0 Å². The highest BCUT2D eigenvalue weighted by Crippen LogP contribution is 2.40. The van der Waals surface area contributed by atoms with Crippen molar-refractivity contribution < 1.29 is 0 Å². The third-order valence-corrected chi connectivity index (χ3v) is 7.12. The van der Waals surface area contributed by atoms with Crippen LogP contribution in [0.2, 0.25) is 0 Å². The zero-order valence-electron chi connectivity index (χ0n) is 14.7. The first-order chi connectivity index (χ1) is 12.7. The normalized spacial score (nSPS) is 11.5. The summed E-state index contributed by atoms with van der Waals surface area (Å²) < 4.78 is 2.72. The molecule has 0 aliphatic rings. The molecule has 0 amide bonds. The van der Waals surface area contributed by atoms with E-state index in [0.717, 1.165) is 0 Å². The van der Waals surface area contributed by atoms with Gasteiger partial charge in [-0.25, -0.2) is 0 Å². The van der Waals surface area contributed by atoms with Gasteiger partial charge in [0.05, 0.1) is 0 Å². The van der Waals surface area contributed by atoms with Gasteiger partial charge in [0.1, 0.15) is 0 Å². The predicted molar refractivity (Wildman–Crippen MR) is 118 cm³/mol. The maximum atomic E-state index is 2.35. The van der Waals surface area contributed by atoms with Gasteiger partial charge in [0.25, 0.3) is 0 Å². The van der Waals surface area contributed by atoms with Gasteiger partial charge < -0.3 is 0 Å². The second-order valence-corrected chi connectivity index (χ2v) is 9.05. The first kappa shape index (κ1) is 15.8. The summed E-state index contributed by atoms with van der Waals surface area (Å²) >= 11 is 3.77. The van der Waals surface area contributed by atoms with Crippen LogP contribution in [0.3, 0.4) is 0 Å². The Bertz CT molecular complexity index is 1070. The van der Waals surface area contributed by atoms with Crippen LogP contribution in [-0.4, -0.2) is 0 Å². The molecule has 3 aromatic carbocycles. The Morgan fingerprint density at radius 1 is 0.500 bits per heavy atom. The van der Waals surface area contributed by atoms with Crippen LogP contribution >= 0.6 is 22.7 Å². The Labute approximate surface area is 161 Å². The van der Waals surface area contributed by atoms with E-state index in [1.807, 2.05) is 22.7 Å². The molecule has 0 saturated heterocycles. The van der Waals surface area contributed by atoms with Crippen LogP contribution < -0.4 is 0 Å². The van der Waals surface area contributed by atoms with Crippen LogP contribution in [0.4, 0.5) is 0 Å². The molecule has 0 radical (unpaired) electrons. The molecule has 0 aliphatic heterocycles. The average Bonchev–Trinajstić information content (AvgIpc) is 3.23. The van der Waals surface area contributed by atoms with Crippen molar-refractivity contribution in [2.24, 2.45) is 0 Å². The maximum Gasteiger partial charge on any atom is 0.0356 e. The van der Waals surface area contributed by atoms with E-state index in [4.69, 9.17) is 0 Å². The van der Waals surface area contributed by atoms with E-state index in [1.165, 1.54) is 52.2 Å². The van der Waals surface area contributed by atoms with Crippen molar-refractivity contribution >= 4 is 42.8 Å². The summed E-state index contributed by atoms with van der Waals surface area (Å²) in [4.78, 5) is 2.69. The summed E-state index contributed by atoms with van der Waals surface area (Å²) in [6, 6.07) is 27.0. The fourth-order valence-electron chi connectivity index (χ4n) is 3.29. The van der Waals surface area contributed by atoms with Crippen LogP contribution in [0.1, 0.15) is 11.1 Å². The van der Waals surface area contributed by atoms with E-state index in [9.17, 15) is 0 Å². The molecule has 2 heteroatoms. The Morgan fingerprint density at radius 3 is 1.27 bits per heavy atom. The minimum absolute atomic E-state index is 1.30. The number of hydrogen-bond donors (Lipinski definition) is 0. The van der Waals surface area contributed by atoms with Gasteiger partial charge in [-0.05, 0) is 60.0 Å². The largest absolute Gasteiger partial charge is 0.135 e. The molecular weight excluding hydrogens is 352 g/mol. The molecule has 2 heterocycles. The van der Waals surface area contributed by atoms with Crippen LogP contribution in [0.15, 0.2) is 72.8 Å². The highest BCUT2D eigenvalue weighted by Gasteiger charge is 2.09. The highest BCUT2D eigenvalue weighted by molar-refractivity contribution is 7.23. The fourth-order valence-corrected chi connectivity index (χ4v) is 5.49. The van der Waals surface area contributed by atoms with Gasteiger partial charge in [0.2, 0.25) is 0 Å². The Morgan fingerprint density at radius 2 is 0.885 bits per heavy atom. The van der Waals surface area contributed by atoms with E-state index < -0.39 is 0 Å². The van der Waals surface area contributed by atoms with E-state index >= 15 is 0 Å². The Hall–Kier alpha value is -2.42. The number of benzene rings is 3. The number of thiophene rings is 2. The molecule has 0 unspecified atom stereocenters. The zero-order valence-corrected chi connectivity index (χ0v) is 16.4. The summed E-state index contributed by atoms with van der Waals surface area (Å²) in [6.07, 6.45) is 0. The molecule has 126 valence electrons. The molecule has 0 atom stereocenters. The zero-order chi connectivity index (χ0) is 17.7. The Balaban J connectivity index is 1.60. The fraction of sp³-hybridized carbons (Fsp3) is 0.0833. The summed E-state index contributed by atoms with van der Waals surface area (Å²) in [5, 5.41) is 2.69. The highest BCUT2D eigenvalue weighted by atomic mass is 32.1. The van der Waals surface area contributed by atoms with Gasteiger partial charge in [-0.3, -0.25) is 0 Å². The Kier molecular flexibility index (Phi) is 3.70. The van der Waals surface area contributed by atoms with Crippen molar-refractivity contribution in [3.05, 3.63) is 83.9 Å². The lowest BCUT2D eigenvalue weighted by Gasteiger charge is -1.97. The van der Waals surface area contributed by atoms with E-state index in [2.05, 4.69) is 86.6 Å². The SMILES string of the molecule is Cc1ccc(-c2cc3cc4sc(-c5ccc(C)cc5)cc4cc3s2)cc1. The van der Waals surface area contributed by atoms with Gasteiger partial charge in [-0.15, -0.1) is 22.7 Å². The first-order valence-electron chi connectivity index (χ1n) is 8.77. The number of hydrogen-bond acceptors (Lipinski definition) is 2. The van der Waals surface area contributed by atoms with E-state index in [0.29, 0.717) is 0 Å². The molecule has 0 nitrogen and oxygen atoms in total. The molecule has 2 aromatic heterocycles. The molecule has 0 aliphatic carbocycles. The number of aryl methyl sites for hydroxylation is 2. The van der Waals surface area contributed by atoms with Crippen LogP contribution in [-0.2, 0) is 0 Å². The van der Waals surface area contributed by atoms with Gasteiger partial charge in [-0.1, -0.05) is 59.7 Å². The smallest absolute Gasteiger partial charge is 0.0356 e. The standard InChI is InChI=1S/C24H18S2/c1-15-3-7-17(8-4-15)21-11-19-13-24-20(14-23(19)25-21)12-22(26-24)18-9-5-16(2)6-10-18/h3-14H,1-2H3. The summed E-state index contributed by atoms with van der Waals surface area (Å²) in [5.41, 5.74) is 5.22. The lowest BCUT2D eigenvalue weighted by Crippen LogP contribution is -1.73. The van der Waals surface area contributed by atoms with Crippen LogP contribution in [0.5, 0.6) is 0 Å². The quantitative estimate of drug-likeness (QED) is 0.295. The second kappa shape index (κ2) is 6.08. The molecule has 0 saturated carbocycles. The molecule has 5 rings (SSSR count). The predicted octanol–water partition coefficient (Wildman–Crippen LogP) is 8.07. The van der Waals surface area contributed by atoms with E-state index in [-0.39, 0.29) is 0 Å². The minimum Gasteiger partial charge on any atom is -0.135 e. The van der Waals surface area contributed by atoms with Crippen LogP contribution in [0.25, 0.3) is 41.1 Å². The van der Waals surface area contributed by atoms with Crippen molar-refractivity contribution in [3.63, 3.8) is 0 Å². The summed E-state index contributed by atoms with van der Waals surface area (Å²) in [7, 11) is 0. The van der Waals surface area contributed by atoms with Crippen molar-refractivity contribution in [1.82, 2.24) is 0 Å². The lowest BCUT2D eigenvalue weighted by atomic mass is 10.1. The molecule has 0 spiro atoms. The molecule has 0 N–H and O–H groups in total. The van der Waals surface area contributed by atoms with E-state index in [1.54, 1.807) is 0 Å². The van der Waals surface area contributed by atoms with Gasteiger partial charge in [0, 0.05) is 19.2 Å². The monoisotopic (exact) mass is 370 g/mol. The summed E-state index contributed by atoms with van der Waals surface area (Å²) in [6.45, 7) is 4.27. The van der Waals surface area contributed by atoms with Crippen molar-refractivity contribution in [1.29, 1.82) is 0 Å². The first-order valence-corrected chi connectivity index (χ1v) is 10.4. The maximum absolute atomic E-state index is 2.35.